The van der Waals surface area contributed by atoms with E-state index in [2.05, 4.69) is 21.9 Å². The highest BCUT2D eigenvalue weighted by Crippen LogP contribution is 2.39. The Kier molecular flexibility index (Phi) is 7.24. The Bertz CT molecular complexity index is 1270. The summed E-state index contributed by atoms with van der Waals surface area (Å²) in [6, 6.07) is 3.82. The molecule has 34 heavy (non-hydrogen) atoms. The predicted octanol–water partition coefficient (Wildman–Crippen LogP) is 4.81. The Morgan fingerprint density at radius 2 is 1.94 bits per heavy atom. The molecule has 4 amide bonds. The second-order valence-corrected chi connectivity index (χ2v) is 7.91. The molecule has 1 aliphatic heterocycles. The third-order valence-corrected chi connectivity index (χ3v) is 5.39. The van der Waals surface area contributed by atoms with Crippen molar-refractivity contribution in [3.8, 4) is 23.8 Å². The fraction of sp³-hybridized carbons (Fsp3) is 0.136. The van der Waals surface area contributed by atoms with E-state index in [0.717, 1.165) is 12.1 Å². The lowest BCUT2D eigenvalue weighted by molar-refractivity contribution is -0.137. The van der Waals surface area contributed by atoms with E-state index in [9.17, 15) is 27.6 Å². The van der Waals surface area contributed by atoms with Crippen LogP contribution in [0.5, 0.6) is 11.5 Å². The van der Waals surface area contributed by atoms with Crippen LogP contribution in [0.3, 0.4) is 0 Å². The van der Waals surface area contributed by atoms with E-state index < -0.39 is 40.8 Å². The van der Waals surface area contributed by atoms with Crippen LogP contribution in [0.25, 0.3) is 6.08 Å². The molecule has 0 atom stereocenters. The number of barbiturate groups is 1. The molecule has 0 radical (unpaired) electrons. The van der Waals surface area contributed by atoms with Crippen LogP contribution in [-0.2, 0) is 15.8 Å². The van der Waals surface area contributed by atoms with Gasteiger partial charge in [-0.25, -0.2) is 9.69 Å². The zero-order valence-corrected chi connectivity index (χ0v) is 19.5. The highest BCUT2D eigenvalue weighted by atomic mass is 79.9. The number of halogens is 5. The first kappa shape index (κ1) is 25.1. The van der Waals surface area contributed by atoms with Crippen molar-refractivity contribution in [3.05, 3.63) is 56.5 Å². The molecule has 1 N–H and O–H groups in total. The van der Waals surface area contributed by atoms with Crippen molar-refractivity contribution in [2.75, 3.05) is 18.6 Å². The number of alkyl halides is 3. The summed E-state index contributed by atoms with van der Waals surface area (Å²) in [5, 5.41) is 1.62. The molecule has 12 heteroatoms. The minimum atomic E-state index is -4.75. The van der Waals surface area contributed by atoms with Gasteiger partial charge < -0.3 is 9.47 Å². The molecule has 0 aliphatic carbocycles. The van der Waals surface area contributed by atoms with Crippen LogP contribution < -0.4 is 19.7 Å². The number of nitrogens with one attached hydrogen (secondary N) is 1. The maximum Gasteiger partial charge on any atom is 0.416 e. The molecule has 7 nitrogen and oxygen atoms in total. The number of carbonyl (C=O) groups excluding carboxylic acids is 3. The summed E-state index contributed by atoms with van der Waals surface area (Å²) in [7, 11) is 1.36. The van der Waals surface area contributed by atoms with Crippen molar-refractivity contribution in [3.63, 3.8) is 0 Å². The van der Waals surface area contributed by atoms with Crippen LogP contribution in [0.15, 0.2) is 40.4 Å². The van der Waals surface area contributed by atoms with Crippen molar-refractivity contribution < 1.29 is 37.0 Å². The minimum Gasteiger partial charge on any atom is -0.493 e. The van der Waals surface area contributed by atoms with E-state index in [1.807, 2.05) is 5.32 Å². The van der Waals surface area contributed by atoms with Crippen LogP contribution in [0.2, 0.25) is 5.02 Å². The molecule has 1 heterocycles. The van der Waals surface area contributed by atoms with Gasteiger partial charge in [0.1, 0.15) is 12.2 Å². The van der Waals surface area contributed by atoms with Crippen molar-refractivity contribution in [1.82, 2.24) is 5.32 Å². The average Bonchev–Trinajstić information content (AvgIpc) is 2.75. The first-order valence-electron chi connectivity index (χ1n) is 9.20. The summed E-state index contributed by atoms with van der Waals surface area (Å²) in [6.45, 7) is -0.0505. The number of imide groups is 2. The minimum absolute atomic E-state index is 0.0505. The van der Waals surface area contributed by atoms with E-state index in [0.29, 0.717) is 21.5 Å². The van der Waals surface area contributed by atoms with Crippen molar-refractivity contribution in [2.24, 2.45) is 0 Å². The number of carbonyl (C=O) groups is 3. The normalized spacial score (nSPS) is 15.3. The fourth-order valence-electron chi connectivity index (χ4n) is 2.98. The van der Waals surface area contributed by atoms with Gasteiger partial charge in [0.05, 0.1) is 27.9 Å². The molecule has 2 aromatic rings. The van der Waals surface area contributed by atoms with Gasteiger partial charge >= 0.3 is 12.2 Å². The fourth-order valence-corrected chi connectivity index (χ4v) is 3.76. The summed E-state index contributed by atoms with van der Waals surface area (Å²) < 4.78 is 50.5. The van der Waals surface area contributed by atoms with Gasteiger partial charge in [-0.05, 0) is 57.9 Å². The monoisotopic (exact) mass is 556 g/mol. The molecule has 3 rings (SSSR count). The van der Waals surface area contributed by atoms with Crippen molar-refractivity contribution in [1.29, 1.82) is 0 Å². The second kappa shape index (κ2) is 9.79. The largest absolute Gasteiger partial charge is 0.493 e. The highest BCUT2D eigenvalue weighted by Gasteiger charge is 2.39. The number of benzene rings is 2. The van der Waals surface area contributed by atoms with Gasteiger partial charge in [-0.15, -0.1) is 6.42 Å². The van der Waals surface area contributed by atoms with E-state index >= 15 is 0 Å². The second-order valence-electron chi connectivity index (χ2n) is 6.65. The van der Waals surface area contributed by atoms with Gasteiger partial charge in [0.15, 0.2) is 11.5 Å². The van der Waals surface area contributed by atoms with Gasteiger partial charge in [-0.1, -0.05) is 17.5 Å². The van der Waals surface area contributed by atoms with Gasteiger partial charge in [0, 0.05) is 0 Å². The predicted molar refractivity (Wildman–Crippen MR) is 120 cm³/mol. The maximum atomic E-state index is 13.2. The van der Waals surface area contributed by atoms with E-state index in [1.165, 1.54) is 19.2 Å². The first-order valence-corrected chi connectivity index (χ1v) is 10.4. The number of methoxy groups -OCH3 is 1. The number of urea groups is 1. The molecule has 0 saturated carbocycles. The third-order valence-electron chi connectivity index (χ3n) is 4.48. The number of amides is 4. The Morgan fingerprint density at radius 3 is 2.56 bits per heavy atom. The number of anilines is 1. The molecule has 0 spiro atoms. The lowest BCUT2D eigenvalue weighted by Gasteiger charge is -2.27. The zero-order valence-electron chi connectivity index (χ0n) is 17.1. The van der Waals surface area contributed by atoms with Gasteiger partial charge in [-0.2, -0.15) is 13.2 Å². The molecule has 0 unspecified atom stereocenters. The summed E-state index contributed by atoms with van der Waals surface area (Å²) in [4.78, 5) is 38.2. The van der Waals surface area contributed by atoms with Crippen LogP contribution >= 0.6 is 27.5 Å². The van der Waals surface area contributed by atoms with E-state index in [1.54, 1.807) is 0 Å². The number of hydrogen-bond acceptors (Lipinski definition) is 5. The lowest BCUT2D eigenvalue weighted by atomic mass is 10.1. The molecule has 1 fully saturated rings. The molecule has 0 bridgehead atoms. The summed E-state index contributed by atoms with van der Waals surface area (Å²) in [5.74, 6) is 0.578. The first-order chi connectivity index (χ1) is 16.0. The van der Waals surface area contributed by atoms with Gasteiger partial charge in [0.25, 0.3) is 11.8 Å². The Hall–Kier alpha value is -3.49. The smallest absolute Gasteiger partial charge is 0.416 e. The number of terminal acetylenes is 1. The number of hydrogen-bond donors (Lipinski definition) is 1. The molecule has 0 aromatic heterocycles. The molecule has 1 saturated heterocycles. The lowest BCUT2D eigenvalue weighted by Crippen LogP contribution is -2.54. The van der Waals surface area contributed by atoms with E-state index in [4.69, 9.17) is 27.5 Å². The van der Waals surface area contributed by atoms with Gasteiger partial charge in [0.2, 0.25) is 0 Å². The van der Waals surface area contributed by atoms with Crippen LogP contribution in [0.1, 0.15) is 11.1 Å². The van der Waals surface area contributed by atoms with E-state index in [-0.39, 0.29) is 28.7 Å². The Labute approximate surface area is 204 Å². The average molecular weight is 558 g/mol. The Balaban J connectivity index is 2.07. The van der Waals surface area contributed by atoms with Crippen LogP contribution in [-0.4, -0.2) is 31.6 Å². The van der Waals surface area contributed by atoms with Crippen molar-refractivity contribution >= 4 is 57.1 Å². The number of nitrogens with zero attached hydrogens (tertiary/aromatic N) is 1. The standard InChI is InChI=1S/C22H13BrClF3N2O5/c1-3-6-34-18-14(23)8-11(9-17(18)33-2)7-13-19(30)28-21(32)29(20(13)31)16-10-12(22(25,26)27)4-5-15(16)24/h1,4-5,7-10H,6H2,2H3,(H,28,30,32). The molecular formula is C22H13BrClF3N2O5. The summed E-state index contributed by atoms with van der Waals surface area (Å²) in [5.41, 5.74) is -1.92. The quantitative estimate of drug-likeness (QED) is 0.324. The Morgan fingerprint density at radius 1 is 1.24 bits per heavy atom. The maximum absolute atomic E-state index is 13.2. The molecule has 2 aromatic carbocycles. The van der Waals surface area contributed by atoms with Gasteiger partial charge in [-0.3, -0.25) is 14.9 Å². The van der Waals surface area contributed by atoms with Crippen LogP contribution in [0.4, 0.5) is 23.7 Å². The zero-order chi connectivity index (χ0) is 25.2. The SMILES string of the molecule is C#CCOc1c(Br)cc(C=C2C(=O)NC(=O)N(c3cc(C(F)(F)F)ccc3Cl)C2=O)cc1OC. The summed E-state index contributed by atoms with van der Waals surface area (Å²) in [6.07, 6.45) is 1.57. The van der Waals surface area contributed by atoms with Crippen LogP contribution in [0, 0.1) is 12.3 Å². The highest BCUT2D eigenvalue weighted by molar-refractivity contribution is 9.10. The number of rotatable bonds is 5. The number of ether oxygens (including phenoxy) is 2. The summed E-state index contributed by atoms with van der Waals surface area (Å²) >= 11 is 9.26. The van der Waals surface area contributed by atoms with Crippen molar-refractivity contribution in [2.45, 2.75) is 6.18 Å². The topological polar surface area (TPSA) is 84.9 Å². The third kappa shape index (κ3) is 5.03. The molecular weight excluding hydrogens is 545 g/mol. The molecule has 1 aliphatic rings. The molecule has 176 valence electrons.